The van der Waals surface area contributed by atoms with E-state index in [0.29, 0.717) is 6.61 Å². The molecule has 1 saturated heterocycles. The summed E-state index contributed by atoms with van der Waals surface area (Å²) in [7, 11) is -2.42. The minimum Gasteiger partial charge on any atom is -0.414 e. The van der Waals surface area contributed by atoms with Crippen LogP contribution in [0.25, 0.3) is 0 Å². The molecule has 0 bridgehead atoms. The minimum atomic E-state index is -3.28. The van der Waals surface area contributed by atoms with Crippen LogP contribution in [-0.2, 0) is 27.5 Å². The third-order valence-electron chi connectivity index (χ3n) is 4.63. The van der Waals surface area contributed by atoms with Gasteiger partial charge in [0.25, 0.3) is 0 Å². The van der Waals surface area contributed by atoms with Gasteiger partial charge in [-0.15, -0.1) is 0 Å². The number of hydrogen-bond acceptors (Lipinski definition) is 6. The van der Waals surface area contributed by atoms with Gasteiger partial charge in [-0.1, -0.05) is 20.8 Å². The fourth-order valence-electron chi connectivity index (χ4n) is 2.02. The number of hydrogen-bond donors (Lipinski definition) is 0. The van der Waals surface area contributed by atoms with E-state index in [-0.39, 0.29) is 24.0 Å². The first-order chi connectivity index (χ1) is 9.97. The fraction of sp³-hybridized carbons (Fsp3) is 1.00. The zero-order valence-electron chi connectivity index (χ0n) is 15.0. The average molecular weight is 354 g/mol. The highest BCUT2D eigenvalue weighted by molar-refractivity contribution is 7.54. The van der Waals surface area contributed by atoms with Crippen LogP contribution in [0.1, 0.15) is 27.7 Å². The Morgan fingerprint density at radius 2 is 1.77 bits per heavy atom. The summed E-state index contributed by atoms with van der Waals surface area (Å²) in [5.41, 5.74) is -0.483. The first-order valence-electron chi connectivity index (χ1n) is 7.59. The Hall–Kier alpha value is 0.247. The molecule has 0 aromatic rings. The molecule has 0 amide bonds. The Labute approximate surface area is 135 Å². The molecule has 1 rings (SSSR count). The monoisotopic (exact) mass is 354 g/mol. The van der Waals surface area contributed by atoms with Crippen LogP contribution in [0, 0.1) is 0 Å². The first-order valence-corrected chi connectivity index (χ1v) is 12.1. The number of ether oxygens (including phenoxy) is 2. The molecule has 0 radical (unpaired) electrons. The van der Waals surface area contributed by atoms with Crippen LogP contribution >= 0.6 is 7.60 Å². The molecule has 0 aromatic heterocycles. The summed E-state index contributed by atoms with van der Waals surface area (Å²) in [6.45, 7) is 13.4. The topological polar surface area (TPSA) is 63.2 Å². The Morgan fingerprint density at radius 3 is 2.23 bits per heavy atom. The van der Waals surface area contributed by atoms with Gasteiger partial charge in [-0.25, -0.2) is 0 Å². The lowest BCUT2D eigenvalue weighted by Crippen LogP contribution is -2.49. The van der Waals surface area contributed by atoms with Crippen molar-refractivity contribution >= 4 is 15.9 Å². The van der Waals surface area contributed by atoms with Gasteiger partial charge in [0, 0.05) is 14.2 Å². The maximum atomic E-state index is 12.7. The van der Waals surface area contributed by atoms with Gasteiger partial charge in [0.05, 0.1) is 19.3 Å². The second kappa shape index (κ2) is 7.43. The van der Waals surface area contributed by atoms with Gasteiger partial charge in [-0.05, 0) is 25.1 Å². The van der Waals surface area contributed by atoms with Gasteiger partial charge in [0.1, 0.15) is 5.66 Å². The van der Waals surface area contributed by atoms with Crippen molar-refractivity contribution in [1.29, 1.82) is 0 Å². The highest BCUT2D eigenvalue weighted by atomic mass is 31.2. The predicted octanol–water partition coefficient (Wildman–Crippen LogP) is 3.62. The Bertz CT molecular complexity index is 401. The lowest BCUT2D eigenvalue weighted by Gasteiger charge is -2.41. The van der Waals surface area contributed by atoms with Crippen molar-refractivity contribution in [1.82, 2.24) is 0 Å². The van der Waals surface area contributed by atoms with Crippen LogP contribution in [0.4, 0.5) is 0 Å². The van der Waals surface area contributed by atoms with Gasteiger partial charge in [-0.2, -0.15) is 0 Å². The van der Waals surface area contributed by atoms with Gasteiger partial charge in [0.15, 0.2) is 14.6 Å². The molecule has 0 spiro atoms. The molecule has 1 fully saturated rings. The smallest absolute Gasteiger partial charge is 0.338 e. The lowest BCUT2D eigenvalue weighted by atomic mass is 10.2. The molecule has 22 heavy (non-hydrogen) atoms. The molecule has 0 saturated carbocycles. The number of rotatable bonds is 6. The highest BCUT2D eigenvalue weighted by Gasteiger charge is 2.46. The summed E-state index contributed by atoms with van der Waals surface area (Å²) < 4.78 is 40.4. The van der Waals surface area contributed by atoms with Crippen molar-refractivity contribution in [2.45, 2.75) is 63.9 Å². The van der Waals surface area contributed by atoms with Gasteiger partial charge in [0.2, 0.25) is 0 Å². The van der Waals surface area contributed by atoms with Crippen LogP contribution in [0.15, 0.2) is 0 Å². The lowest BCUT2D eigenvalue weighted by molar-refractivity contribution is -0.208. The summed E-state index contributed by atoms with van der Waals surface area (Å²) in [6.07, 6.45) is -0.727. The third kappa shape index (κ3) is 4.63. The van der Waals surface area contributed by atoms with Gasteiger partial charge >= 0.3 is 7.60 Å². The van der Waals surface area contributed by atoms with E-state index >= 15 is 0 Å². The van der Waals surface area contributed by atoms with E-state index in [0.717, 1.165) is 0 Å². The zero-order valence-corrected chi connectivity index (χ0v) is 16.9. The summed E-state index contributed by atoms with van der Waals surface area (Å²) in [4.78, 5) is 0. The van der Waals surface area contributed by atoms with E-state index < -0.39 is 21.6 Å². The SMILES string of the molecule is COP(=O)(OC)[C@H]1CO[C@@H](C)O[C@H]1CO[Si](C)(C)C(C)(C)C. The molecular formula is C14H31O6PSi. The minimum absolute atomic E-state index is 0.103. The quantitative estimate of drug-likeness (QED) is 0.536. The standard InChI is InChI=1S/C14H31O6PSi/c1-11-18-10-13(21(15,16-5)17-6)12(20-11)9-19-22(7,8)14(2,3)4/h11-13H,9-10H2,1-8H3/t11-,12+,13+/m1/s1. The molecule has 8 heteroatoms. The first kappa shape index (κ1) is 20.3. The molecule has 0 N–H and O–H groups in total. The summed E-state index contributed by atoms with van der Waals surface area (Å²) in [6, 6.07) is 0. The fourth-order valence-corrected chi connectivity index (χ4v) is 4.55. The maximum Gasteiger partial charge on any atom is 0.338 e. The summed E-state index contributed by atoms with van der Waals surface area (Å²) in [5, 5.41) is 0.103. The third-order valence-corrected chi connectivity index (χ3v) is 11.4. The molecule has 1 aliphatic rings. The highest BCUT2D eigenvalue weighted by Crippen LogP contribution is 2.54. The van der Waals surface area contributed by atoms with Crippen molar-refractivity contribution in [2.24, 2.45) is 0 Å². The molecule has 0 unspecified atom stereocenters. The van der Waals surface area contributed by atoms with E-state index in [1.807, 2.05) is 6.92 Å². The van der Waals surface area contributed by atoms with E-state index in [4.69, 9.17) is 22.9 Å². The van der Waals surface area contributed by atoms with Gasteiger partial charge in [-0.3, -0.25) is 4.57 Å². The Balaban J connectivity index is 2.85. The molecule has 3 atom stereocenters. The van der Waals surface area contributed by atoms with E-state index in [9.17, 15) is 4.57 Å². The molecule has 1 aliphatic heterocycles. The van der Waals surface area contributed by atoms with Crippen molar-refractivity contribution in [3.8, 4) is 0 Å². The molecule has 1 heterocycles. The van der Waals surface area contributed by atoms with Crippen molar-refractivity contribution in [3.63, 3.8) is 0 Å². The Kier molecular flexibility index (Phi) is 6.85. The predicted molar refractivity (Wildman–Crippen MR) is 88.8 cm³/mol. The van der Waals surface area contributed by atoms with Crippen LogP contribution in [0.3, 0.4) is 0 Å². The van der Waals surface area contributed by atoms with Crippen molar-refractivity contribution in [3.05, 3.63) is 0 Å². The van der Waals surface area contributed by atoms with E-state index in [1.165, 1.54) is 14.2 Å². The molecule has 6 nitrogen and oxygen atoms in total. The molecular weight excluding hydrogens is 323 g/mol. The molecule has 0 aliphatic carbocycles. The van der Waals surface area contributed by atoms with Crippen LogP contribution in [-0.4, -0.2) is 53.8 Å². The van der Waals surface area contributed by atoms with Gasteiger partial charge < -0.3 is 22.9 Å². The van der Waals surface area contributed by atoms with Crippen molar-refractivity contribution in [2.75, 3.05) is 27.4 Å². The summed E-state index contributed by atoms with van der Waals surface area (Å²) >= 11 is 0. The largest absolute Gasteiger partial charge is 0.414 e. The molecule has 0 aromatic carbocycles. The van der Waals surface area contributed by atoms with Crippen LogP contribution in [0.5, 0.6) is 0 Å². The Morgan fingerprint density at radius 1 is 1.23 bits per heavy atom. The van der Waals surface area contributed by atoms with Crippen LogP contribution < -0.4 is 0 Å². The van der Waals surface area contributed by atoms with E-state index in [2.05, 4.69) is 33.9 Å². The molecule has 132 valence electrons. The second-order valence-corrected chi connectivity index (χ2v) is 14.4. The second-order valence-electron chi connectivity index (χ2n) is 7.12. The normalized spacial score (nSPS) is 27.9. The maximum absolute atomic E-state index is 12.7. The van der Waals surface area contributed by atoms with E-state index in [1.54, 1.807) is 0 Å². The van der Waals surface area contributed by atoms with Crippen LogP contribution in [0.2, 0.25) is 18.1 Å². The zero-order chi connectivity index (χ0) is 17.2. The summed E-state index contributed by atoms with van der Waals surface area (Å²) in [5.74, 6) is 0. The van der Waals surface area contributed by atoms with Crippen molar-refractivity contribution < 1.29 is 27.5 Å². The average Bonchev–Trinajstić information content (AvgIpc) is 2.43.